The van der Waals surface area contributed by atoms with E-state index in [4.69, 9.17) is 0 Å². The van der Waals surface area contributed by atoms with Crippen LogP contribution >= 0.6 is 11.3 Å². The highest BCUT2D eigenvalue weighted by Gasteiger charge is 2.18. The lowest BCUT2D eigenvalue weighted by atomic mass is 10.3. The molecule has 0 saturated carbocycles. The SMILES string of the molecule is Cc1c(/C=N\N(C=O)Cc2cc[nH]n2)c2sc(Cn3ccc([N+](=O)[O-])n3)nc2n1C. The van der Waals surface area contributed by atoms with Gasteiger partial charge in [-0.15, -0.1) is 11.3 Å². The number of aryl methyl sites for hydroxylation is 1. The summed E-state index contributed by atoms with van der Waals surface area (Å²) in [4.78, 5) is 26.3. The minimum Gasteiger partial charge on any atom is -0.358 e. The molecule has 1 amide bonds. The van der Waals surface area contributed by atoms with Crippen molar-refractivity contribution in [2.45, 2.75) is 20.0 Å². The number of H-pyrrole nitrogens is 1. The van der Waals surface area contributed by atoms with Crippen molar-refractivity contribution in [1.82, 2.24) is 34.5 Å². The van der Waals surface area contributed by atoms with Crippen LogP contribution in [0, 0.1) is 17.0 Å². The van der Waals surface area contributed by atoms with E-state index in [0.717, 1.165) is 26.6 Å². The predicted octanol–water partition coefficient (Wildman–Crippen LogP) is 1.81. The minimum atomic E-state index is -0.533. The highest BCUT2D eigenvalue weighted by molar-refractivity contribution is 7.19. The smallest absolute Gasteiger partial charge is 0.358 e. The van der Waals surface area contributed by atoms with Gasteiger partial charge >= 0.3 is 5.82 Å². The molecule has 4 rings (SSSR count). The fourth-order valence-corrected chi connectivity index (χ4v) is 4.09. The molecular formula is C17H17N9O3S. The number of nitrogens with zero attached hydrogens (tertiary/aromatic N) is 8. The van der Waals surface area contributed by atoms with E-state index in [2.05, 4.69) is 25.4 Å². The molecule has 0 aliphatic heterocycles. The average molecular weight is 427 g/mol. The molecule has 0 aliphatic rings. The zero-order valence-corrected chi connectivity index (χ0v) is 16.9. The predicted molar refractivity (Wildman–Crippen MR) is 109 cm³/mol. The molecule has 0 atom stereocenters. The van der Waals surface area contributed by atoms with E-state index < -0.39 is 4.92 Å². The number of hydrogen-bond donors (Lipinski definition) is 1. The van der Waals surface area contributed by atoms with Gasteiger partial charge in [-0.25, -0.2) is 9.99 Å². The van der Waals surface area contributed by atoms with Crippen LogP contribution in [-0.4, -0.2) is 52.1 Å². The van der Waals surface area contributed by atoms with Gasteiger partial charge in [0.1, 0.15) is 11.6 Å². The number of aromatic nitrogens is 6. The van der Waals surface area contributed by atoms with E-state index in [1.54, 1.807) is 24.7 Å². The van der Waals surface area contributed by atoms with Crippen molar-refractivity contribution < 1.29 is 9.72 Å². The number of rotatable bonds is 8. The lowest BCUT2D eigenvalue weighted by Gasteiger charge is -2.08. The van der Waals surface area contributed by atoms with Gasteiger partial charge in [-0.2, -0.15) is 14.9 Å². The van der Waals surface area contributed by atoms with E-state index in [1.807, 2.05) is 18.5 Å². The first-order valence-electron chi connectivity index (χ1n) is 8.83. The van der Waals surface area contributed by atoms with Gasteiger partial charge in [0.05, 0.1) is 40.5 Å². The van der Waals surface area contributed by atoms with Crippen molar-refractivity contribution in [3.05, 3.63) is 56.6 Å². The maximum atomic E-state index is 11.4. The number of nitro groups is 1. The van der Waals surface area contributed by atoms with Crippen LogP contribution in [0.1, 0.15) is 22.0 Å². The van der Waals surface area contributed by atoms with Crippen molar-refractivity contribution in [1.29, 1.82) is 0 Å². The number of hydrogen-bond acceptors (Lipinski definition) is 8. The summed E-state index contributed by atoms with van der Waals surface area (Å²) >= 11 is 1.46. The van der Waals surface area contributed by atoms with Crippen LogP contribution in [0.3, 0.4) is 0 Å². The van der Waals surface area contributed by atoms with Crippen LogP contribution in [-0.2, 0) is 24.9 Å². The zero-order valence-electron chi connectivity index (χ0n) is 16.1. The van der Waals surface area contributed by atoms with Gasteiger partial charge in [0.25, 0.3) is 0 Å². The fourth-order valence-electron chi connectivity index (χ4n) is 2.94. The summed E-state index contributed by atoms with van der Waals surface area (Å²) in [5.41, 5.74) is 3.29. The molecule has 1 N–H and O–H groups in total. The number of carbonyl (C=O) groups is 1. The summed E-state index contributed by atoms with van der Waals surface area (Å²) in [7, 11) is 1.90. The van der Waals surface area contributed by atoms with Crippen LogP contribution in [0.5, 0.6) is 0 Å². The van der Waals surface area contributed by atoms with Crippen molar-refractivity contribution in [2.75, 3.05) is 0 Å². The summed E-state index contributed by atoms with van der Waals surface area (Å²) in [6.45, 7) is 2.53. The van der Waals surface area contributed by atoms with E-state index in [9.17, 15) is 14.9 Å². The van der Waals surface area contributed by atoms with Gasteiger partial charge < -0.3 is 14.7 Å². The molecule has 0 spiro atoms. The Bertz CT molecular complexity index is 1240. The minimum absolute atomic E-state index is 0.203. The second-order valence-corrected chi connectivity index (χ2v) is 7.54. The molecule has 0 bridgehead atoms. The molecule has 4 aromatic heterocycles. The molecule has 0 fully saturated rings. The normalized spacial score (nSPS) is 11.5. The Morgan fingerprint density at radius 1 is 1.43 bits per heavy atom. The quantitative estimate of drug-likeness (QED) is 0.197. The first kappa shape index (κ1) is 19.4. The van der Waals surface area contributed by atoms with Crippen LogP contribution in [0.4, 0.5) is 5.82 Å². The molecule has 4 aromatic rings. The van der Waals surface area contributed by atoms with Crippen molar-refractivity contribution in [3.63, 3.8) is 0 Å². The van der Waals surface area contributed by atoms with Crippen molar-refractivity contribution in [2.24, 2.45) is 12.1 Å². The monoisotopic (exact) mass is 427 g/mol. The molecule has 30 heavy (non-hydrogen) atoms. The number of thiazole rings is 1. The van der Waals surface area contributed by atoms with Crippen LogP contribution in [0.15, 0.2) is 29.6 Å². The Labute approximate surface area is 173 Å². The van der Waals surface area contributed by atoms with Crippen LogP contribution in [0.25, 0.3) is 10.3 Å². The summed E-state index contributed by atoms with van der Waals surface area (Å²) in [5.74, 6) is -0.203. The molecule has 0 unspecified atom stereocenters. The zero-order chi connectivity index (χ0) is 21.3. The maximum absolute atomic E-state index is 11.4. The van der Waals surface area contributed by atoms with Gasteiger partial charge in [0.2, 0.25) is 6.41 Å². The number of hydrazone groups is 1. The Hall–Kier alpha value is -3.87. The Balaban J connectivity index is 1.60. The van der Waals surface area contributed by atoms with Crippen LogP contribution in [0.2, 0.25) is 0 Å². The number of carbonyl (C=O) groups excluding carboxylic acids is 1. The summed E-state index contributed by atoms with van der Waals surface area (Å²) in [5, 5.41) is 27.8. The van der Waals surface area contributed by atoms with E-state index >= 15 is 0 Å². The second-order valence-electron chi connectivity index (χ2n) is 6.46. The molecule has 154 valence electrons. The van der Waals surface area contributed by atoms with E-state index in [0.29, 0.717) is 18.6 Å². The molecule has 0 aromatic carbocycles. The molecule has 0 saturated heterocycles. The first-order chi connectivity index (χ1) is 14.5. The van der Waals surface area contributed by atoms with Gasteiger partial charge in [-0.05, 0) is 17.9 Å². The van der Waals surface area contributed by atoms with Gasteiger partial charge in [-0.3, -0.25) is 9.89 Å². The summed E-state index contributed by atoms with van der Waals surface area (Å²) < 4.78 is 4.34. The number of aromatic amines is 1. The lowest BCUT2D eigenvalue weighted by molar-refractivity contribution is -0.389. The summed E-state index contributed by atoms with van der Waals surface area (Å²) in [6.07, 6.45) is 5.51. The standard InChI is InChI=1S/C17H17N9O3S/c1-11-13(7-19-25(10-27)8-12-3-5-18-21-12)16-17(23(11)2)20-15(30-16)9-24-6-4-14(22-24)26(28)29/h3-7,10H,8-9H2,1-2H3,(H,18,21)/b19-7-. The topological polar surface area (TPSA) is 140 Å². The molecule has 0 radical (unpaired) electrons. The summed E-state index contributed by atoms with van der Waals surface area (Å²) in [6, 6.07) is 3.12. The molecule has 4 heterocycles. The third-order valence-electron chi connectivity index (χ3n) is 4.56. The number of fused-ring (bicyclic) bond motifs is 1. The average Bonchev–Trinajstić information content (AvgIpc) is 3.50. The van der Waals surface area contributed by atoms with Crippen molar-refractivity contribution >= 4 is 40.1 Å². The van der Waals surface area contributed by atoms with Crippen molar-refractivity contribution in [3.8, 4) is 0 Å². The Morgan fingerprint density at radius 3 is 2.93 bits per heavy atom. The fraction of sp³-hybridized carbons (Fsp3) is 0.235. The van der Waals surface area contributed by atoms with E-state index in [1.165, 1.54) is 27.1 Å². The lowest BCUT2D eigenvalue weighted by Crippen LogP contribution is -2.15. The third kappa shape index (κ3) is 3.69. The molecule has 12 nitrogen and oxygen atoms in total. The maximum Gasteiger partial charge on any atom is 0.389 e. The Kier molecular flexibility index (Phi) is 5.10. The molecular weight excluding hydrogens is 410 g/mol. The van der Waals surface area contributed by atoms with Gasteiger partial charge in [0.15, 0.2) is 5.65 Å². The second kappa shape index (κ2) is 7.87. The largest absolute Gasteiger partial charge is 0.389 e. The van der Waals surface area contributed by atoms with E-state index in [-0.39, 0.29) is 12.4 Å². The number of nitrogens with one attached hydrogen (secondary N) is 1. The highest BCUT2D eigenvalue weighted by Crippen LogP contribution is 2.30. The van der Waals surface area contributed by atoms with Gasteiger partial charge in [-0.1, -0.05) is 0 Å². The highest BCUT2D eigenvalue weighted by atomic mass is 32.1. The third-order valence-corrected chi connectivity index (χ3v) is 5.62. The Morgan fingerprint density at radius 2 is 2.27 bits per heavy atom. The number of amides is 1. The van der Waals surface area contributed by atoms with Gasteiger partial charge in [0, 0.05) is 24.5 Å². The molecule has 13 heteroatoms. The first-order valence-corrected chi connectivity index (χ1v) is 9.65. The molecule has 0 aliphatic carbocycles. The van der Waals surface area contributed by atoms with Crippen LogP contribution < -0.4 is 0 Å².